The highest BCUT2D eigenvalue weighted by molar-refractivity contribution is 8.36. The van der Waals surface area contributed by atoms with Gasteiger partial charge in [-0.25, -0.2) is 0 Å². The van der Waals surface area contributed by atoms with Crippen molar-refractivity contribution in [3.05, 3.63) is 52.8 Å². The molecule has 0 amide bonds. The summed E-state index contributed by atoms with van der Waals surface area (Å²) >= 11 is 0. The molecule has 2 rings (SSSR count). The van der Waals surface area contributed by atoms with E-state index in [2.05, 4.69) is 79.2 Å². The fourth-order valence-corrected chi connectivity index (χ4v) is 6.78. The predicted molar refractivity (Wildman–Crippen MR) is 93.8 cm³/mol. The standard InChI is InChI=1S/C18H27NS/c1-5-19(6-2)20(14-16(3)4)13-12-18(15-20)17-10-8-7-9-11-17/h7-13,15-16H,5-6,14H2,1-4H3. The zero-order chi connectivity index (χ0) is 14.6. The highest BCUT2D eigenvalue weighted by Crippen LogP contribution is 2.60. The van der Waals surface area contributed by atoms with Gasteiger partial charge in [0.2, 0.25) is 0 Å². The first-order valence-corrected chi connectivity index (χ1v) is 9.51. The highest BCUT2D eigenvalue weighted by Gasteiger charge is 2.29. The summed E-state index contributed by atoms with van der Waals surface area (Å²) in [4.78, 5) is 0. The van der Waals surface area contributed by atoms with Crippen LogP contribution in [-0.2, 0) is 0 Å². The van der Waals surface area contributed by atoms with Crippen molar-refractivity contribution in [3.63, 3.8) is 0 Å². The Labute approximate surface area is 125 Å². The van der Waals surface area contributed by atoms with Gasteiger partial charge in [0.15, 0.2) is 0 Å². The maximum atomic E-state index is 2.65. The minimum absolute atomic E-state index is 0.724. The number of hydrogen-bond acceptors (Lipinski definition) is 1. The quantitative estimate of drug-likeness (QED) is 0.689. The van der Waals surface area contributed by atoms with Crippen LogP contribution in [-0.4, -0.2) is 23.1 Å². The molecule has 2 heteroatoms. The van der Waals surface area contributed by atoms with E-state index in [1.54, 1.807) is 0 Å². The Morgan fingerprint density at radius 1 is 1.05 bits per heavy atom. The van der Waals surface area contributed by atoms with Gasteiger partial charge in [0.05, 0.1) is 0 Å². The molecular weight excluding hydrogens is 262 g/mol. The van der Waals surface area contributed by atoms with E-state index in [4.69, 9.17) is 0 Å². The van der Waals surface area contributed by atoms with Gasteiger partial charge in [-0.3, -0.25) is 4.31 Å². The summed E-state index contributed by atoms with van der Waals surface area (Å²) < 4.78 is 2.65. The first-order chi connectivity index (χ1) is 9.61. The third kappa shape index (κ3) is 3.18. The van der Waals surface area contributed by atoms with E-state index in [1.165, 1.54) is 16.9 Å². The molecule has 0 N–H and O–H groups in total. The third-order valence-corrected chi connectivity index (χ3v) is 7.66. The van der Waals surface area contributed by atoms with Crippen molar-refractivity contribution in [2.24, 2.45) is 5.92 Å². The molecule has 0 bridgehead atoms. The zero-order valence-electron chi connectivity index (χ0n) is 13.2. The molecule has 0 radical (unpaired) electrons. The van der Waals surface area contributed by atoms with Crippen molar-refractivity contribution in [2.75, 3.05) is 18.8 Å². The van der Waals surface area contributed by atoms with Gasteiger partial charge in [-0.2, -0.15) is 0 Å². The van der Waals surface area contributed by atoms with Crippen LogP contribution in [0.15, 0.2) is 47.2 Å². The second-order valence-electron chi connectivity index (χ2n) is 5.73. The summed E-state index contributed by atoms with van der Waals surface area (Å²) in [6, 6.07) is 10.8. The van der Waals surface area contributed by atoms with E-state index < -0.39 is 10.2 Å². The van der Waals surface area contributed by atoms with Crippen molar-refractivity contribution in [1.82, 2.24) is 4.31 Å². The van der Waals surface area contributed by atoms with Crippen LogP contribution in [0.3, 0.4) is 0 Å². The van der Waals surface area contributed by atoms with E-state index in [-0.39, 0.29) is 0 Å². The molecule has 0 aliphatic carbocycles. The van der Waals surface area contributed by atoms with E-state index in [0.29, 0.717) is 0 Å². The van der Waals surface area contributed by atoms with Gasteiger partial charge in [-0.05, 0) is 39.7 Å². The largest absolute Gasteiger partial charge is 0.261 e. The molecule has 1 aromatic rings. The van der Waals surface area contributed by atoms with Gasteiger partial charge in [0.25, 0.3) is 0 Å². The van der Waals surface area contributed by atoms with E-state index in [9.17, 15) is 0 Å². The van der Waals surface area contributed by atoms with E-state index in [0.717, 1.165) is 19.0 Å². The van der Waals surface area contributed by atoms with E-state index >= 15 is 0 Å². The molecule has 1 aliphatic rings. The first-order valence-electron chi connectivity index (χ1n) is 7.62. The Hall–Kier alpha value is -0.990. The van der Waals surface area contributed by atoms with Crippen LogP contribution in [0.5, 0.6) is 0 Å². The monoisotopic (exact) mass is 289 g/mol. The van der Waals surface area contributed by atoms with Gasteiger partial charge in [-0.15, -0.1) is 10.2 Å². The maximum absolute atomic E-state index is 2.65. The molecule has 110 valence electrons. The van der Waals surface area contributed by atoms with Crippen molar-refractivity contribution in [3.8, 4) is 0 Å². The fourth-order valence-electron chi connectivity index (χ4n) is 2.89. The molecule has 1 unspecified atom stereocenters. The van der Waals surface area contributed by atoms with Crippen LogP contribution < -0.4 is 0 Å². The van der Waals surface area contributed by atoms with Gasteiger partial charge < -0.3 is 0 Å². The Morgan fingerprint density at radius 3 is 2.25 bits per heavy atom. The molecule has 0 saturated heterocycles. The molecule has 1 atom stereocenters. The van der Waals surface area contributed by atoms with Crippen LogP contribution >= 0.6 is 10.2 Å². The molecule has 1 nitrogen and oxygen atoms in total. The summed E-state index contributed by atoms with van der Waals surface area (Å²) in [6.45, 7) is 11.5. The van der Waals surface area contributed by atoms with Gasteiger partial charge in [-0.1, -0.05) is 58.0 Å². The van der Waals surface area contributed by atoms with Gasteiger partial charge in [0, 0.05) is 13.1 Å². The number of nitrogens with zero attached hydrogens (tertiary/aromatic N) is 1. The fraction of sp³-hybridized carbons (Fsp3) is 0.444. The van der Waals surface area contributed by atoms with Crippen LogP contribution in [0.2, 0.25) is 0 Å². The van der Waals surface area contributed by atoms with Gasteiger partial charge >= 0.3 is 0 Å². The molecule has 20 heavy (non-hydrogen) atoms. The Bertz CT molecular complexity index is 485. The normalized spacial score (nSPS) is 25.0. The number of hydrogen-bond donors (Lipinski definition) is 0. The topological polar surface area (TPSA) is 3.24 Å². The van der Waals surface area contributed by atoms with Crippen LogP contribution in [0.1, 0.15) is 33.3 Å². The summed E-state index contributed by atoms with van der Waals surface area (Å²) in [5, 5.41) is 5.04. The summed E-state index contributed by atoms with van der Waals surface area (Å²) in [6.07, 6.45) is 2.34. The van der Waals surface area contributed by atoms with Crippen LogP contribution in [0, 0.1) is 5.92 Å². The minimum Gasteiger partial charge on any atom is -0.261 e. The minimum atomic E-state index is -0.908. The number of allylic oxidation sites excluding steroid dienone is 2. The third-order valence-electron chi connectivity index (χ3n) is 3.71. The van der Waals surface area contributed by atoms with Crippen LogP contribution in [0.4, 0.5) is 0 Å². The molecule has 0 fully saturated rings. The lowest BCUT2D eigenvalue weighted by Gasteiger charge is -2.43. The smallest absolute Gasteiger partial charge is 0.00518 e. The summed E-state index contributed by atoms with van der Waals surface area (Å²) in [5.74, 6) is 1.99. The first kappa shape index (κ1) is 15.4. The van der Waals surface area contributed by atoms with Crippen LogP contribution in [0.25, 0.3) is 5.57 Å². The predicted octanol–water partition coefficient (Wildman–Crippen LogP) is 5.27. The Kier molecular flexibility index (Phi) is 5.11. The molecule has 1 aliphatic heterocycles. The maximum Gasteiger partial charge on any atom is 0.00518 e. The van der Waals surface area contributed by atoms with Crippen molar-refractivity contribution in [2.45, 2.75) is 27.7 Å². The highest BCUT2D eigenvalue weighted by atomic mass is 32.3. The lowest BCUT2D eigenvalue weighted by atomic mass is 10.1. The molecule has 1 aromatic carbocycles. The average Bonchev–Trinajstić information content (AvgIpc) is 2.85. The zero-order valence-corrected chi connectivity index (χ0v) is 14.0. The second kappa shape index (κ2) is 6.64. The lowest BCUT2D eigenvalue weighted by molar-refractivity contribution is 0.511. The second-order valence-corrected chi connectivity index (χ2v) is 8.70. The van der Waals surface area contributed by atoms with Crippen molar-refractivity contribution in [1.29, 1.82) is 0 Å². The van der Waals surface area contributed by atoms with Crippen molar-refractivity contribution < 1.29 is 0 Å². The summed E-state index contributed by atoms with van der Waals surface area (Å²) in [5.41, 5.74) is 2.74. The lowest BCUT2D eigenvalue weighted by Crippen LogP contribution is -2.28. The molecule has 1 heterocycles. The Balaban J connectivity index is 2.36. The van der Waals surface area contributed by atoms with Crippen molar-refractivity contribution >= 4 is 15.8 Å². The molecule has 0 aromatic heterocycles. The van der Waals surface area contributed by atoms with Gasteiger partial charge in [0.1, 0.15) is 0 Å². The molecular formula is C18H27NS. The van der Waals surface area contributed by atoms with E-state index in [1.807, 2.05) is 0 Å². The SMILES string of the molecule is CCN(CC)S1(CC(C)C)C=CC(c2ccccc2)=C1. The number of benzene rings is 1. The average molecular weight is 289 g/mol. The number of rotatable bonds is 6. The molecule has 0 spiro atoms. The Morgan fingerprint density at radius 2 is 1.70 bits per heavy atom. The summed E-state index contributed by atoms with van der Waals surface area (Å²) in [7, 11) is -0.908. The molecule has 0 saturated carbocycles.